The van der Waals surface area contributed by atoms with Gasteiger partial charge in [-0.2, -0.15) is 0 Å². The van der Waals surface area contributed by atoms with Crippen molar-refractivity contribution in [3.63, 3.8) is 0 Å². The highest BCUT2D eigenvalue weighted by Gasteiger charge is 2.50. The van der Waals surface area contributed by atoms with Crippen LogP contribution in [0.3, 0.4) is 0 Å². The molecular weight excluding hydrogens is 328 g/mol. The van der Waals surface area contributed by atoms with Gasteiger partial charge >= 0.3 is 0 Å². The zero-order valence-corrected chi connectivity index (χ0v) is 15.0. The molecule has 2 saturated heterocycles. The lowest BCUT2D eigenvalue weighted by molar-refractivity contribution is 0.0173. The van der Waals surface area contributed by atoms with Crippen molar-refractivity contribution in [2.45, 2.75) is 20.1 Å². The fourth-order valence-electron chi connectivity index (χ4n) is 3.72. The molecule has 4 nitrogen and oxygen atoms in total. The maximum Gasteiger partial charge on any atom is 0.0898 e. The Morgan fingerprint density at radius 1 is 1.48 bits per heavy atom. The van der Waals surface area contributed by atoms with Gasteiger partial charge in [-0.15, -0.1) is 22.7 Å². The van der Waals surface area contributed by atoms with E-state index in [9.17, 15) is 0 Å². The molecule has 2 aromatic heterocycles. The van der Waals surface area contributed by atoms with E-state index < -0.39 is 0 Å². The highest BCUT2D eigenvalue weighted by molar-refractivity contribution is 7.10. The average molecular weight is 351 g/mol. The number of ether oxygens (including phenoxy) is 2. The van der Waals surface area contributed by atoms with Crippen molar-refractivity contribution in [2.24, 2.45) is 11.3 Å². The van der Waals surface area contributed by atoms with Crippen LogP contribution in [0.1, 0.15) is 15.6 Å². The number of aryl methyl sites for hydroxylation is 1. The third-order valence-corrected chi connectivity index (χ3v) is 6.54. The number of nitrogens with zero attached hydrogens (tertiary/aromatic N) is 2. The van der Waals surface area contributed by atoms with Crippen LogP contribution >= 0.6 is 22.7 Å². The van der Waals surface area contributed by atoms with E-state index in [1.165, 1.54) is 4.88 Å². The van der Waals surface area contributed by atoms with Gasteiger partial charge in [0, 0.05) is 41.2 Å². The SMILES string of the molecule is Cc1nc(COC[C@]23COC[C@H]2CN(Cc2cccs2)C3)cs1. The smallest absolute Gasteiger partial charge is 0.0898 e. The summed E-state index contributed by atoms with van der Waals surface area (Å²) in [6.45, 7) is 8.38. The summed E-state index contributed by atoms with van der Waals surface area (Å²) in [5.74, 6) is 0.597. The van der Waals surface area contributed by atoms with Gasteiger partial charge in [0.25, 0.3) is 0 Å². The summed E-state index contributed by atoms with van der Waals surface area (Å²) in [4.78, 5) is 8.49. The van der Waals surface area contributed by atoms with Crippen LogP contribution in [0.5, 0.6) is 0 Å². The number of fused-ring (bicyclic) bond motifs is 1. The lowest BCUT2D eigenvalue weighted by Crippen LogP contribution is -2.35. The van der Waals surface area contributed by atoms with Crippen molar-refractivity contribution >= 4 is 22.7 Å². The summed E-state index contributed by atoms with van der Waals surface area (Å²) in [7, 11) is 0. The summed E-state index contributed by atoms with van der Waals surface area (Å²) < 4.78 is 11.8. The maximum absolute atomic E-state index is 6.05. The maximum atomic E-state index is 6.05. The second-order valence-electron chi connectivity index (χ2n) is 6.67. The molecule has 0 saturated carbocycles. The molecule has 0 unspecified atom stereocenters. The molecule has 4 heterocycles. The molecule has 2 aliphatic rings. The molecule has 0 radical (unpaired) electrons. The molecule has 0 N–H and O–H groups in total. The van der Waals surface area contributed by atoms with Gasteiger partial charge in [-0.1, -0.05) is 6.07 Å². The lowest BCUT2D eigenvalue weighted by atomic mass is 9.82. The minimum atomic E-state index is 0.169. The molecule has 0 aliphatic carbocycles. The standard InChI is InChI=1S/C17H22N2O2S2/c1-13-18-15(9-23-13)8-21-12-17-10-19(5-14(17)7-20-11-17)6-16-3-2-4-22-16/h2-4,9,14H,5-8,10-12H2,1H3/t14-,17+/m1/s1. The molecule has 2 atom stereocenters. The van der Waals surface area contributed by atoms with E-state index in [1.54, 1.807) is 11.3 Å². The zero-order valence-electron chi connectivity index (χ0n) is 13.4. The Morgan fingerprint density at radius 2 is 2.43 bits per heavy atom. The van der Waals surface area contributed by atoms with Gasteiger partial charge in [-0.05, 0) is 18.4 Å². The van der Waals surface area contributed by atoms with E-state index in [-0.39, 0.29) is 5.41 Å². The molecular formula is C17H22N2O2S2. The number of thiophene rings is 1. The lowest BCUT2D eigenvalue weighted by Gasteiger charge is -2.26. The molecule has 2 aliphatic heterocycles. The van der Waals surface area contributed by atoms with Crippen LogP contribution in [0, 0.1) is 18.3 Å². The van der Waals surface area contributed by atoms with Crippen LogP contribution in [0.15, 0.2) is 22.9 Å². The summed E-state index contributed by atoms with van der Waals surface area (Å²) in [6.07, 6.45) is 0. The van der Waals surface area contributed by atoms with Crippen LogP contribution in [0.25, 0.3) is 0 Å². The number of hydrogen-bond acceptors (Lipinski definition) is 6. The second kappa shape index (κ2) is 6.61. The van der Waals surface area contributed by atoms with E-state index in [0.717, 1.165) is 50.2 Å². The summed E-state index contributed by atoms with van der Waals surface area (Å²) in [5, 5.41) is 5.35. The predicted octanol–water partition coefficient (Wildman–Crippen LogP) is 3.18. The van der Waals surface area contributed by atoms with E-state index in [2.05, 4.69) is 32.8 Å². The van der Waals surface area contributed by atoms with Gasteiger partial charge in [0.1, 0.15) is 0 Å². The summed E-state index contributed by atoms with van der Waals surface area (Å²) >= 11 is 3.53. The Kier molecular flexibility index (Phi) is 4.52. The van der Waals surface area contributed by atoms with E-state index in [0.29, 0.717) is 12.5 Å². The van der Waals surface area contributed by atoms with Crippen molar-refractivity contribution in [2.75, 3.05) is 32.9 Å². The van der Waals surface area contributed by atoms with Gasteiger partial charge in [0.15, 0.2) is 0 Å². The first-order chi connectivity index (χ1) is 11.2. The van der Waals surface area contributed by atoms with Crippen LogP contribution in [-0.2, 0) is 22.6 Å². The molecule has 124 valence electrons. The Labute approximate surface area is 145 Å². The first-order valence-electron chi connectivity index (χ1n) is 8.05. The Morgan fingerprint density at radius 3 is 3.22 bits per heavy atom. The molecule has 0 aromatic carbocycles. The number of rotatable bonds is 6. The third-order valence-electron chi connectivity index (χ3n) is 4.86. The highest BCUT2D eigenvalue weighted by Crippen LogP contribution is 2.42. The van der Waals surface area contributed by atoms with Crippen molar-refractivity contribution in [1.82, 2.24) is 9.88 Å². The molecule has 6 heteroatoms. The molecule has 2 fully saturated rings. The monoisotopic (exact) mass is 350 g/mol. The Bertz CT molecular complexity index is 643. The quantitative estimate of drug-likeness (QED) is 0.801. The van der Waals surface area contributed by atoms with Gasteiger partial charge in [0.2, 0.25) is 0 Å². The first kappa shape index (κ1) is 15.7. The Balaban J connectivity index is 1.35. The van der Waals surface area contributed by atoms with Gasteiger partial charge < -0.3 is 9.47 Å². The predicted molar refractivity (Wildman–Crippen MR) is 92.8 cm³/mol. The zero-order chi connectivity index (χ0) is 15.7. The number of likely N-dealkylation sites (tertiary alicyclic amines) is 1. The Hall–Kier alpha value is -0.790. The van der Waals surface area contributed by atoms with Crippen LogP contribution in [0.4, 0.5) is 0 Å². The molecule has 0 amide bonds. The molecule has 23 heavy (non-hydrogen) atoms. The van der Waals surface area contributed by atoms with Crippen molar-refractivity contribution in [3.8, 4) is 0 Å². The van der Waals surface area contributed by atoms with E-state index in [1.807, 2.05) is 18.3 Å². The molecule has 2 aromatic rings. The molecule has 0 bridgehead atoms. The first-order valence-corrected chi connectivity index (χ1v) is 9.81. The summed E-state index contributed by atoms with van der Waals surface area (Å²) in [6, 6.07) is 4.36. The van der Waals surface area contributed by atoms with Crippen molar-refractivity contribution in [1.29, 1.82) is 0 Å². The molecule has 4 rings (SSSR count). The minimum Gasteiger partial charge on any atom is -0.380 e. The van der Waals surface area contributed by atoms with Gasteiger partial charge in [-0.3, -0.25) is 4.90 Å². The number of thiazole rings is 1. The van der Waals surface area contributed by atoms with Crippen molar-refractivity contribution < 1.29 is 9.47 Å². The largest absolute Gasteiger partial charge is 0.380 e. The topological polar surface area (TPSA) is 34.6 Å². The number of aromatic nitrogens is 1. The van der Waals surface area contributed by atoms with E-state index >= 15 is 0 Å². The van der Waals surface area contributed by atoms with Crippen molar-refractivity contribution in [3.05, 3.63) is 38.5 Å². The van der Waals surface area contributed by atoms with Crippen LogP contribution in [-0.4, -0.2) is 42.8 Å². The fraction of sp³-hybridized carbons (Fsp3) is 0.588. The number of hydrogen-bond donors (Lipinski definition) is 0. The third kappa shape index (κ3) is 3.37. The second-order valence-corrected chi connectivity index (χ2v) is 8.77. The highest BCUT2D eigenvalue weighted by atomic mass is 32.1. The normalized spacial score (nSPS) is 27.6. The van der Waals surface area contributed by atoms with Gasteiger partial charge in [-0.25, -0.2) is 4.98 Å². The van der Waals surface area contributed by atoms with Crippen LogP contribution in [0.2, 0.25) is 0 Å². The van der Waals surface area contributed by atoms with E-state index in [4.69, 9.17) is 9.47 Å². The van der Waals surface area contributed by atoms with Gasteiger partial charge in [0.05, 0.1) is 37.1 Å². The fourth-order valence-corrected chi connectivity index (χ4v) is 5.07. The minimum absolute atomic E-state index is 0.169. The summed E-state index contributed by atoms with van der Waals surface area (Å²) in [5.41, 5.74) is 1.22. The molecule has 0 spiro atoms. The van der Waals surface area contributed by atoms with Crippen LogP contribution < -0.4 is 0 Å². The average Bonchev–Trinajstić information content (AvgIpc) is 3.25.